The summed E-state index contributed by atoms with van der Waals surface area (Å²) in [6.45, 7) is 6.31. The van der Waals surface area contributed by atoms with Crippen molar-refractivity contribution in [2.24, 2.45) is 0 Å². The van der Waals surface area contributed by atoms with Crippen LogP contribution in [0.3, 0.4) is 0 Å². The molecule has 0 aliphatic rings. The van der Waals surface area contributed by atoms with Crippen molar-refractivity contribution in [1.29, 1.82) is 0 Å². The van der Waals surface area contributed by atoms with Crippen LogP contribution in [-0.2, 0) is 6.42 Å². The minimum absolute atomic E-state index is 0.709. The predicted octanol–water partition coefficient (Wildman–Crippen LogP) is 4.79. The van der Waals surface area contributed by atoms with Crippen molar-refractivity contribution in [3.63, 3.8) is 0 Å². The van der Waals surface area contributed by atoms with Crippen molar-refractivity contribution in [2.75, 3.05) is 5.75 Å². The Morgan fingerprint density at radius 1 is 1.21 bits per heavy atom. The van der Waals surface area contributed by atoms with Crippen molar-refractivity contribution in [3.8, 4) is 11.4 Å². The van der Waals surface area contributed by atoms with E-state index in [9.17, 15) is 0 Å². The first-order chi connectivity index (χ1) is 9.15. The highest BCUT2D eigenvalue weighted by molar-refractivity contribution is 7.99. The van der Waals surface area contributed by atoms with Crippen LogP contribution >= 0.6 is 24.0 Å². The molecule has 0 bridgehead atoms. The van der Waals surface area contributed by atoms with Crippen LogP contribution in [0.25, 0.3) is 11.4 Å². The number of aromatic nitrogens is 2. The van der Waals surface area contributed by atoms with Crippen molar-refractivity contribution < 1.29 is 0 Å². The molecule has 2 nitrogen and oxygen atoms in total. The second-order valence-corrected chi connectivity index (χ2v) is 6.03. The Kier molecular flexibility index (Phi) is 4.77. The van der Waals surface area contributed by atoms with E-state index in [1.807, 2.05) is 11.8 Å². The monoisotopic (exact) mass is 290 g/mol. The molecule has 100 valence electrons. The van der Waals surface area contributed by atoms with Gasteiger partial charge in [0.2, 0.25) is 0 Å². The molecule has 1 N–H and O–H groups in total. The summed E-state index contributed by atoms with van der Waals surface area (Å²) in [4.78, 5) is 9.14. The van der Waals surface area contributed by atoms with E-state index in [4.69, 9.17) is 12.2 Å². The Morgan fingerprint density at radius 2 is 1.89 bits per heavy atom. The lowest BCUT2D eigenvalue weighted by molar-refractivity contribution is 0.989. The molecule has 2 aromatic rings. The first-order valence-electron chi connectivity index (χ1n) is 6.48. The van der Waals surface area contributed by atoms with Gasteiger partial charge in [0.05, 0.1) is 0 Å². The van der Waals surface area contributed by atoms with E-state index in [1.54, 1.807) is 0 Å². The Balaban J connectivity index is 2.39. The number of nitrogens with one attached hydrogen (secondary N) is 1. The summed E-state index contributed by atoms with van der Waals surface area (Å²) in [5, 5.41) is 0. The summed E-state index contributed by atoms with van der Waals surface area (Å²) < 4.78 is 0.709. The predicted molar refractivity (Wildman–Crippen MR) is 85.4 cm³/mol. The molecule has 0 aliphatic carbocycles. The molecule has 0 atom stereocenters. The van der Waals surface area contributed by atoms with Gasteiger partial charge in [-0.05, 0) is 31.2 Å². The third-order valence-corrected chi connectivity index (χ3v) is 4.25. The van der Waals surface area contributed by atoms with Crippen LogP contribution in [0.2, 0.25) is 0 Å². The second-order valence-electron chi connectivity index (χ2n) is 4.31. The van der Waals surface area contributed by atoms with Gasteiger partial charge in [-0.2, -0.15) is 0 Å². The molecule has 2 rings (SSSR count). The van der Waals surface area contributed by atoms with Gasteiger partial charge in [-0.1, -0.05) is 38.2 Å². The Labute approximate surface area is 123 Å². The standard InChI is InChI=1S/C15H18N2S2/c1-4-13-10(3)16-14(17-15(13)18)11-6-8-12(9-7-11)19-5-2/h6-9H,4-5H2,1-3H3,(H,16,17,18). The van der Waals surface area contributed by atoms with Crippen LogP contribution < -0.4 is 0 Å². The fraction of sp³-hybridized carbons (Fsp3) is 0.333. The zero-order valence-electron chi connectivity index (χ0n) is 11.5. The smallest absolute Gasteiger partial charge is 0.139 e. The summed E-state index contributed by atoms with van der Waals surface area (Å²) in [6, 6.07) is 8.45. The van der Waals surface area contributed by atoms with Gasteiger partial charge < -0.3 is 4.98 Å². The molecular weight excluding hydrogens is 272 g/mol. The normalized spacial score (nSPS) is 10.7. The summed E-state index contributed by atoms with van der Waals surface area (Å²) >= 11 is 7.20. The van der Waals surface area contributed by atoms with Crippen molar-refractivity contribution in [2.45, 2.75) is 32.1 Å². The molecule has 0 radical (unpaired) electrons. The van der Waals surface area contributed by atoms with Gasteiger partial charge in [0.1, 0.15) is 10.5 Å². The van der Waals surface area contributed by atoms with E-state index < -0.39 is 0 Å². The first kappa shape index (κ1) is 14.3. The molecule has 0 amide bonds. The molecule has 19 heavy (non-hydrogen) atoms. The van der Waals surface area contributed by atoms with E-state index in [1.165, 1.54) is 4.90 Å². The average Bonchev–Trinajstić information content (AvgIpc) is 2.39. The minimum atomic E-state index is 0.709. The Bertz CT molecular complexity index is 615. The molecule has 0 unspecified atom stereocenters. The lowest BCUT2D eigenvalue weighted by Gasteiger charge is -2.08. The highest BCUT2D eigenvalue weighted by Crippen LogP contribution is 2.22. The van der Waals surface area contributed by atoms with Crippen molar-refractivity contribution >= 4 is 24.0 Å². The van der Waals surface area contributed by atoms with Gasteiger partial charge in [-0.15, -0.1) is 11.8 Å². The maximum Gasteiger partial charge on any atom is 0.139 e. The van der Waals surface area contributed by atoms with Gasteiger partial charge in [0.25, 0.3) is 0 Å². The van der Waals surface area contributed by atoms with Gasteiger partial charge >= 0.3 is 0 Å². The number of aryl methyl sites for hydroxylation is 1. The highest BCUT2D eigenvalue weighted by Gasteiger charge is 2.05. The SMILES string of the molecule is CCSc1ccc(-c2nc(=S)c(CC)c(C)[nH]2)cc1. The van der Waals surface area contributed by atoms with E-state index in [2.05, 4.69) is 55.0 Å². The highest BCUT2D eigenvalue weighted by atomic mass is 32.2. The summed E-state index contributed by atoms with van der Waals surface area (Å²) in [6.07, 6.45) is 0.917. The van der Waals surface area contributed by atoms with Gasteiger partial charge in [-0.25, -0.2) is 4.98 Å². The molecule has 1 heterocycles. The number of aromatic amines is 1. The van der Waals surface area contributed by atoms with Gasteiger partial charge in [-0.3, -0.25) is 0 Å². The van der Waals surface area contributed by atoms with E-state index in [-0.39, 0.29) is 0 Å². The maximum absolute atomic E-state index is 5.36. The number of rotatable bonds is 4. The van der Waals surface area contributed by atoms with Crippen LogP contribution in [0.1, 0.15) is 25.1 Å². The summed E-state index contributed by atoms with van der Waals surface area (Å²) in [7, 11) is 0. The molecular formula is C15H18N2S2. The minimum Gasteiger partial charge on any atom is -0.343 e. The number of nitrogens with zero attached hydrogens (tertiary/aromatic N) is 1. The quantitative estimate of drug-likeness (QED) is 0.648. The molecule has 4 heteroatoms. The van der Waals surface area contributed by atoms with E-state index in [0.29, 0.717) is 4.64 Å². The molecule has 0 saturated heterocycles. The molecule has 1 aromatic carbocycles. The zero-order valence-corrected chi connectivity index (χ0v) is 13.1. The first-order valence-corrected chi connectivity index (χ1v) is 7.88. The van der Waals surface area contributed by atoms with Gasteiger partial charge in [0, 0.05) is 21.7 Å². The van der Waals surface area contributed by atoms with Crippen LogP contribution in [0.15, 0.2) is 29.2 Å². The lowest BCUT2D eigenvalue weighted by atomic mass is 10.1. The second kappa shape index (κ2) is 6.35. The van der Waals surface area contributed by atoms with E-state index in [0.717, 1.165) is 34.8 Å². The number of hydrogen-bond acceptors (Lipinski definition) is 3. The van der Waals surface area contributed by atoms with Crippen LogP contribution in [0.4, 0.5) is 0 Å². The Morgan fingerprint density at radius 3 is 2.42 bits per heavy atom. The number of thioether (sulfide) groups is 1. The molecule has 0 saturated carbocycles. The molecule has 0 fully saturated rings. The molecule has 1 aromatic heterocycles. The van der Waals surface area contributed by atoms with Gasteiger partial charge in [0.15, 0.2) is 0 Å². The third kappa shape index (κ3) is 3.25. The van der Waals surface area contributed by atoms with E-state index >= 15 is 0 Å². The van der Waals surface area contributed by atoms with Crippen molar-refractivity contribution in [3.05, 3.63) is 40.2 Å². The summed E-state index contributed by atoms with van der Waals surface area (Å²) in [5.74, 6) is 1.94. The summed E-state index contributed by atoms with van der Waals surface area (Å²) in [5.41, 5.74) is 3.33. The Hall–Kier alpha value is -1.13. The topological polar surface area (TPSA) is 28.7 Å². The van der Waals surface area contributed by atoms with Crippen LogP contribution in [0.5, 0.6) is 0 Å². The van der Waals surface area contributed by atoms with Crippen molar-refractivity contribution in [1.82, 2.24) is 9.97 Å². The number of hydrogen-bond donors (Lipinski definition) is 1. The fourth-order valence-electron chi connectivity index (χ4n) is 2.04. The molecule has 0 spiro atoms. The zero-order chi connectivity index (χ0) is 13.8. The van der Waals surface area contributed by atoms with Crippen LogP contribution in [-0.4, -0.2) is 15.7 Å². The maximum atomic E-state index is 5.36. The lowest BCUT2D eigenvalue weighted by Crippen LogP contribution is -1.98. The third-order valence-electron chi connectivity index (χ3n) is 3.02. The fourth-order valence-corrected chi connectivity index (χ4v) is 3.09. The largest absolute Gasteiger partial charge is 0.343 e. The van der Waals surface area contributed by atoms with Crippen LogP contribution in [0, 0.1) is 11.6 Å². The average molecular weight is 290 g/mol. The molecule has 0 aliphatic heterocycles. The number of benzene rings is 1. The number of H-pyrrole nitrogens is 1.